The third-order valence-corrected chi connectivity index (χ3v) is 7.13. The smallest absolute Gasteiger partial charge is 0.264 e. The second kappa shape index (κ2) is 10.0. The molecule has 4 rings (SSSR count). The van der Waals surface area contributed by atoms with Gasteiger partial charge in [0.2, 0.25) is 0 Å². The molecule has 1 heterocycles. The zero-order chi connectivity index (χ0) is 24.1. The molecule has 1 atom stereocenters. The Labute approximate surface area is 199 Å². The average molecular weight is 483 g/mol. The van der Waals surface area contributed by atoms with Crippen molar-refractivity contribution in [2.75, 3.05) is 31.1 Å². The van der Waals surface area contributed by atoms with Crippen molar-refractivity contribution >= 4 is 21.6 Å². The van der Waals surface area contributed by atoms with Crippen molar-refractivity contribution < 1.29 is 27.4 Å². The quantitative estimate of drug-likeness (QED) is 0.496. The predicted molar refractivity (Wildman–Crippen MR) is 128 cm³/mol. The summed E-state index contributed by atoms with van der Waals surface area (Å²) in [6, 6.07) is 20.6. The van der Waals surface area contributed by atoms with Crippen molar-refractivity contribution in [1.29, 1.82) is 0 Å². The Morgan fingerprint density at radius 1 is 1.06 bits per heavy atom. The van der Waals surface area contributed by atoms with Crippen molar-refractivity contribution in [3.8, 4) is 17.2 Å². The number of nitrogens with zero attached hydrogens (tertiary/aromatic N) is 1. The Morgan fingerprint density at radius 2 is 1.76 bits per heavy atom. The second-order valence-corrected chi connectivity index (χ2v) is 9.58. The first-order chi connectivity index (χ1) is 16.4. The molecule has 3 aromatic carbocycles. The van der Waals surface area contributed by atoms with Gasteiger partial charge < -0.3 is 19.5 Å². The van der Waals surface area contributed by atoms with Gasteiger partial charge in [0.15, 0.2) is 17.6 Å². The zero-order valence-electron chi connectivity index (χ0n) is 18.9. The van der Waals surface area contributed by atoms with Gasteiger partial charge in [0, 0.05) is 0 Å². The van der Waals surface area contributed by atoms with E-state index in [-0.39, 0.29) is 24.6 Å². The van der Waals surface area contributed by atoms with Crippen LogP contribution in [0.3, 0.4) is 0 Å². The lowest BCUT2D eigenvalue weighted by Gasteiger charge is -2.35. The third-order valence-electron chi connectivity index (χ3n) is 5.34. The summed E-state index contributed by atoms with van der Waals surface area (Å²) in [5.41, 5.74) is 1.29. The van der Waals surface area contributed by atoms with E-state index >= 15 is 0 Å². The molecule has 3 aromatic rings. The van der Waals surface area contributed by atoms with Crippen LogP contribution in [0.15, 0.2) is 77.7 Å². The van der Waals surface area contributed by atoms with Gasteiger partial charge in [0.05, 0.1) is 30.8 Å². The molecule has 34 heavy (non-hydrogen) atoms. The van der Waals surface area contributed by atoms with Gasteiger partial charge in [-0.3, -0.25) is 9.10 Å². The molecular weight excluding hydrogens is 456 g/mol. The number of amides is 1. The molecule has 0 fully saturated rings. The summed E-state index contributed by atoms with van der Waals surface area (Å²) in [5, 5.41) is 2.76. The molecule has 1 aliphatic rings. The Hall–Kier alpha value is -3.72. The van der Waals surface area contributed by atoms with Crippen LogP contribution in [-0.4, -0.2) is 47.2 Å². The number of methoxy groups -OCH3 is 1. The van der Waals surface area contributed by atoms with Crippen molar-refractivity contribution in [2.24, 2.45) is 0 Å². The standard InChI is InChI=1S/C25H26N2O6S/c1-18-12-13-21-20(16-18)27(34(29,30)19-8-4-3-5-9-19)17-24(33-21)25(28)26-14-15-32-23-11-7-6-10-22(23)31-2/h3-13,16,24H,14-15,17H2,1-2H3,(H,26,28). The molecule has 0 aliphatic carbocycles. The normalized spacial score (nSPS) is 15.1. The highest BCUT2D eigenvalue weighted by atomic mass is 32.2. The molecule has 0 saturated heterocycles. The number of aryl methyl sites for hydroxylation is 1. The number of anilines is 1. The molecule has 0 saturated carbocycles. The van der Waals surface area contributed by atoms with Crippen molar-refractivity contribution in [3.05, 3.63) is 78.4 Å². The second-order valence-electron chi connectivity index (χ2n) is 7.72. The molecular formula is C25H26N2O6S. The maximum absolute atomic E-state index is 13.4. The van der Waals surface area contributed by atoms with Gasteiger partial charge in [-0.25, -0.2) is 8.42 Å². The molecule has 0 aromatic heterocycles. The van der Waals surface area contributed by atoms with Gasteiger partial charge in [-0.15, -0.1) is 0 Å². The van der Waals surface area contributed by atoms with Crippen LogP contribution in [0.5, 0.6) is 17.2 Å². The predicted octanol–water partition coefficient (Wildman–Crippen LogP) is 3.16. The Kier molecular flexibility index (Phi) is 6.93. The molecule has 1 unspecified atom stereocenters. The maximum Gasteiger partial charge on any atom is 0.264 e. The van der Waals surface area contributed by atoms with E-state index < -0.39 is 22.0 Å². The van der Waals surface area contributed by atoms with Crippen LogP contribution in [0.1, 0.15) is 5.56 Å². The number of fused-ring (bicyclic) bond motifs is 1. The summed E-state index contributed by atoms with van der Waals surface area (Å²) in [6.45, 7) is 2.14. The van der Waals surface area contributed by atoms with E-state index in [4.69, 9.17) is 14.2 Å². The first-order valence-electron chi connectivity index (χ1n) is 10.8. The zero-order valence-corrected chi connectivity index (χ0v) is 19.7. The first-order valence-corrected chi connectivity index (χ1v) is 12.2. The fourth-order valence-electron chi connectivity index (χ4n) is 3.63. The van der Waals surface area contributed by atoms with E-state index in [1.807, 2.05) is 25.1 Å². The van der Waals surface area contributed by atoms with Crippen LogP contribution >= 0.6 is 0 Å². The molecule has 9 heteroatoms. The summed E-state index contributed by atoms with van der Waals surface area (Å²) in [5.74, 6) is 1.07. The Balaban J connectivity index is 1.47. The SMILES string of the molecule is COc1ccccc1OCCNC(=O)C1CN(S(=O)(=O)c2ccccc2)c2cc(C)ccc2O1. The van der Waals surface area contributed by atoms with E-state index in [1.54, 1.807) is 49.6 Å². The number of hydrogen-bond donors (Lipinski definition) is 1. The number of rotatable bonds is 8. The summed E-state index contributed by atoms with van der Waals surface area (Å²) >= 11 is 0. The topological polar surface area (TPSA) is 94.2 Å². The third kappa shape index (κ3) is 4.94. The molecule has 1 amide bonds. The largest absolute Gasteiger partial charge is 0.493 e. The van der Waals surface area contributed by atoms with Gasteiger partial charge in [-0.1, -0.05) is 36.4 Å². The van der Waals surface area contributed by atoms with Crippen LogP contribution in [0, 0.1) is 6.92 Å². The molecule has 1 N–H and O–H groups in total. The lowest BCUT2D eigenvalue weighted by Crippen LogP contribution is -2.51. The Morgan fingerprint density at radius 3 is 2.50 bits per heavy atom. The van der Waals surface area contributed by atoms with Crippen LogP contribution in [0.4, 0.5) is 5.69 Å². The van der Waals surface area contributed by atoms with Crippen LogP contribution < -0.4 is 23.8 Å². The number of benzene rings is 3. The summed E-state index contributed by atoms with van der Waals surface area (Å²) in [4.78, 5) is 13.0. The molecule has 0 radical (unpaired) electrons. The lowest BCUT2D eigenvalue weighted by molar-refractivity contribution is -0.127. The molecule has 0 bridgehead atoms. The van der Waals surface area contributed by atoms with E-state index in [2.05, 4.69) is 5.32 Å². The van der Waals surface area contributed by atoms with Crippen LogP contribution in [-0.2, 0) is 14.8 Å². The molecule has 8 nitrogen and oxygen atoms in total. The first kappa shape index (κ1) is 23.4. The lowest BCUT2D eigenvalue weighted by atomic mass is 10.1. The van der Waals surface area contributed by atoms with Crippen molar-refractivity contribution in [3.63, 3.8) is 0 Å². The number of carbonyl (C=O) groups excluding carboxylic acids is 1. The van der Waals surface area contributed by atoms with Gasteiger partial charge in [0.25, 0.3) is 15.9 Å². The minimum absolute atomic E-state index is 0.146. The highest BCUT2D eigenvalue weighted by molar-refractivity contribution is 7.92. The van der Waals surface area contributed by atoms with Gasteiger partial charge in [0.1, 0.15) is 12.4 Å². The van der Waals surface area contributed by atoms with Crippen LogP contribution in [0.25, 0.3) is 0 Å². The van der Waals surface area contributed by atoms with Crippen LogP contribution in [0.2, 0.25) is 0 Å². The summed E-state index contributed by atoms with van der Waals surface area (Å²) in [6.07, 6.45) is -1.01. The minimum Gasteiger partial charge on any atom is -0.493 e. The van der Waals surface area contributed by atoms with Crippen molar-refractivity contribution in [2.45, 2.75) is 17.9 Å². The summed E-state index contributed by atoms with van der Waals surface area (Å²) < 4.78 is 44.9. The maximum atomic E-state index is 13.4. The number of nitrogens with one attached hydrogen (secondary N) is 1. The van der Waals surface area contributed by atoms with E-state index in [0.29, 0.717) is 22.9 Å². The number of sulfonamides is 1. The van der Waals surface area contributed by atoms with E-state index in [1.165, 1.54) is 16.4 Å². The van der Waals surface area contributed by atoms with Gasteiger partial charge >= 0.3 is 0 Å². The highest BCUT2D eigenvalue weighted by Gasteiger charge is 2.37. The van der Waals surface area contributed by atoms with E-state index in [0.717, 1.165) is 5.56 Å². The number of hydrogen-bond acceptors (Lipinski definition) is 6. The molecule has 0 spiro atoms. The Bertz CT molecular complexity index is 1260. The fourth-order valence-corrected chi connectivity index (χ4v) is 5.12. The summed E-state index contributed by atoms with van der Waals surface area (Å²) in [7, 11) is -2.34. The molecule has 1 aliphatic heterocycles. The molecule has 178 valence electrons. The monoisotopic (exact) mass is 482 g/mol. The average Bonchev–Trinajstić information content (AvgIpc) is 2.86. The highest BCUT2D eigenvalue weighted by Crippen LogP contribution is 2.37. The van der Waals surface area contributed by atoms with Gasteiger partial charge in [-0.2, -0.15) is 0 Å². The number of para-hydroxylation sites is 2. The van der Waals surface area contributed by atoms with Crippen molar-refractivity contribution in [1.82, 2.24) is 5.32 Å². The van der Waals surface area contributed by atoms with Gasteiger partial charge in [-0.05, 0) is 48.9 Å². The van der Waals surface area contributed by atoms with E-state index in [9.17, 15) is 13.2 Å². The fraction of sp³-hybridized carbons (Fsp3) is 0.240. The number of ether oxygens (including phenoxy) is 3. The number of carbonyl (C=O) groups is 1. The minimum atomic E-state index is -3.89.